The summed E-state index contributed by atoms with van der Waals surface area (Å²) in [5.41, 5.74) is 0. The number of esters is 6. The molecule has 0 aromatic rings. The number of methoxy groups -OCH3 is 1. The van der Waals surface area contributed by atoms with Gasteiger partial charge in [-0.2, -0.15) is 0 Å². The highest BCUT2D eigenvalue weighted by atomic mass is 16.8. The van der Waals surface area contributed by atoms with Crippen LogP contribution in [0.4, 0.5) is 0 Å². The van der Waals surface area contributed by atoms with Gasteiger partial charge in [0.2, 0.25) is 0 Å². The minimum absolute atomic E-state index is 0.417. The number of carbonyl (C=O) groups is 6. The molecule has 16 nitrogen and oxygen atoms in total. The normalized spacial score (nSPS) is 33.1. The molecule has 41 heavy (non-hydrogen) atoms. The SMILES string of the molecule is CO[C@H]1O[C@H](COC(C)=O)[C@@H](OC(C)=O)[C@H](O[C@@H]2O[C@H](C)[C@@H](OC(C)=O)[C@H](OC(C)=O)[C@H]2OC(C)=O)[C@H]1OC(C)=O. The first-order valence-electron chi connectivity index (χ1n) is 12.6. The van der Waals surface area contributed by atoms with E-state index in [1.165, 1.54) is 14.0 Å². The Kier molecular flexibility index (Phi) is 12.4. The second-order valence-corrected chi connectivity index (χ2v) is 9.26. The van der Waals surface area contributed by atoms with Crippen molar-refractivity contribution in [3.05, 3.63) is 0 Å². The van der Waals surface area contributed by atoms with Crippen LogP contribution in [0, 0.1) is 0 Å². The van der Waals surface area contributed by atoms with Crippen LogP contribution in [0.3, 0.4) is 0 Å². The van der Waals surface area contributed by atoms with E-state index in [-0.39, 0.29) is 0 Å². The quantitative estimate of drug-likeness (QED) is 0.237. The average molecular weight is 593 g/mol. The standard InChI is InChI=1S/C25H36O16/c1-10-18(35-12(3)27)20(37-14(5)29)23(39-16(7)31)25(34-10)41-21-19(36-13(4)28)17(9-33-11(2)26)40-24(32-8)22(21)38-15(6)30/h10,17-25H,9H2,1-8H3/t10-,17-,18-,19-,20+,21+,22-,23-,24+,25+/m1/s1. The first-order chi connectivity index (χ1) is 19.1. The van der Waals surface area contributed by atoms with Crippen LogP contribution in [0.25, 0.3) is 0 Å². The highest BCUT2D eigenvalue weighted by Crippen LogP contribution is 2.35. The fraction of sp³-hybridized carbons (Fsp3) is 0.760. The number of rotatable bonds is 10. The summed E-state index contributed by atoms with van der Waals surface area (Å²) < 4.78 is 55.3. The first kappa shape index (κ1) is 33.9. The highest BCUT2D eigenvalue weighted by molar-refractivity contribution is 5.69. The summed E-state index contributed by atoms with van der Waals surface area (Å²) in [5, 5.41) is 0. The molecule has 0 amide bonds. The van der Waals surface area contributed by atoms with Crippen LogP contribution in [0.5, 0.6) is 0 Å². The van der Waals surface area contributed by atoms with Crippen molar-refractivity contribution in [3.8, 4) is 0 Å². The van der Waals surface area contributed by atoms with Crippen LogP contribution < -0.4 is 0 Å². The molecule has 2 fully saturated rings. The molecule has 0 unspecified atom stereocenters. The third-order valence-electron chi connectivity index (χ3n) is 5.80. The van der Waals surface area contributed by atoms with Crippen molar-refractivity contribution in [1.29, 1.82) is 0 Å². The van der Waals surface area contributed by atoms with Gasteiger partial charge in [0.15, 0.2) is 43.1 Å². The zero-order valence-corrected chi connectivity index (χ0v) is 24.0. The Morgan fingerprint density at radius 3 is 1.44 bits per heavy atom. The van der Waals surface area contributed by atoms with Gasteiger partial charge in [0.25, 0.3) is 0 Å². The Hall–Kier alpha value is -3.34. The lowest BCUT2D eigenvalue weighted by molar-refractivity contribution is -0.357. The van der Waals surface area contributed by atoms with Gasteiger partial charge < -0.3 is 47.4 Å². The minimum Gasteiger partial charge on any atom is -0.463 e. The molecule has 0 saturated carbocycles. The lowest BCUT2D eigenvalue weighted by Crippen LogP contribution is -2.66. The van der Waals surface area contributed by atoms with E-state index >= 15 is 0 Å². The predicted octanol–water partition coefficient (Wildman–Crippen LogP) is -0.291. The minimum atomic E-state index is -1.57. The van der Waals surface area contributed by atoms with Crippen LogP contribution in [-0.2, 0) is 76.1 Å². The monoisotopic (exact) mass is 592 g/mol. The van der Waals surface area contributed by atoms with Gasteiger partial charge in [-0.1, -0.05) is 0 Å². The molecule has 0 N–H and O–H groups in total. The number of ether oxygens (including phenoxy) is 10. The number of hydrogen-bond donors (Lipinski definition) is 0. The smallest absolute Gasteiger partial charge is 0.303 e. The molecule has 2 saturated heterocycles. The maximum Gasteiger partial charge on any atom is 0.303 e. The molecule has 2 aliphatic heterocycles. The Morgan fingerprint density at radius 2 is 0.976 bits per heavy atom. The van der Waals surface area contributed by atoms with Crippen LogP contribution in [0.1, 0.15) is 48.5 Å². The maximum absolute atomic E-state index is 12.1. The molecule has 0 aliphatic carbocycles. The fourth-order valence-corrected chi connectivity index (χ4v) is 4.44. The summed E-state index contributed by atoms with van der Waals surface area (Å²) in [6, 6.07) is 0. The third-order valence-corrected chi connectivity index (χ3v) is 5.80. The summed E-state index contributed by atoms with van der Waals surface area (Å²) in [6.45, 7) is 7.74. The highest BCUT2D eigenvalue weighted by Gasteiger charge is 2.56. The lowest BCUT2D eigenvalue weighted by Gasteiger charge is -2.48. The van der Waals surface area contributed by atoms with Gasteiger partial charge in [-0.25, -0.2) is 0 Å². The molecule has 0 aromatic carbocycles. The van der Waals surface area contributed by atoms with E-state index < -0.39 is 104 Å². The van der Waals surface area contributed by atoms with Crippen LogP contribution in [-0.4, -0.2) is 111 Å². The largest absolute Gasteiger partial charge is 0.463 e. The first-order valence-corrected chi connectivity index (χ1v) is 12.6. The second kappa shape index (κ2) is 15.0. The Bertz CT molecular complexity index is 981. The lowest BCUT2D eigenvalue weighted by atomic mass is 9.96. The van der Waals surface area contributed by atoms with Crippen molar-refractivity contribution in [2.45, 2.75) is 110 Å². The predicted molar refractivity (Wildman–Crippen MR) is 129 cm³/mol. The van der Waals surface area contributed by atoms with Crippen molar-refractivity contribution < 1.29 is 76.1 Å². The second-order valence-electron chi connectivity index (χ2n) is 9.26. The summed E-state index contributed by atoms with van der Waals surface area (Å²) in [6.07, 6.45) is -13.4. The topological polar surface area (TPSA) is 195 Å². The maximum atomic E-state index is 12.1. The van der Waals surface area contributed by atoms with Crippen molar-refractivity contribution in [2.24, 2.45) is 0 Å². The zero-order valence-electron chi connectivity index (χ0n) is 24.0. The van der Waals surface area contributed by atoms with Crippen molar-refractivity contribution in [2.75, 3.05) is 13.7 Å². The van der Waals surface area contributed by atoms with Gasteiger partial charge >= 0.3 is 35.8 Å². The summed E-state index contributed by atoms with van der Waals surface area (Å²) in [7, 11) is 1.24. The van der Waals surface area contributed by atoms with E-state index in [0.29, 0.717) is 0 Å². The molecule has 10 atom stereocenters. The molecule has 0 spiro atoms. The summed E-state index contributed by atoms with van der Waals surface area (Å²) in [4.78, 5) is 71.6. The molecule has 0 radical (unpaired) electrons. The molecular formula is C25H36O16. The van der Waals surface area contributed by atoms with E-state index in [9.17, 15) is 28.8 Å². The molecule has 16 heteroatoms. The van der Waals surface area contributed by atoms with Crippen molar-refractivity contribution in [3.63, 3.8) is 0 Å². The van der Waals surface area contributed by atoms with Gasteiger partial charge in [0.1, 0.15) is 18.8 Å². The van der Waals surface area contributed by atoms with Crippen molar-refractivity contribution in [1.82, 2.24) is 0 Å². The van der Waals surface area contributed by atoms with Gasteiger partial charge in [-0.15, -0.1) is 0 Å². The van der Waals surface area contributed by atoms with E-state index in [4.69, 9.17) is 47.4 Å². The van der Waals surface area contributed by atoms with Gasteiger partial charge in [-0.3, -0.25) is 28.8 Å². The molecule has 0 aromatic heterocycles. The molecule has 2 aliphatic rings. The Morgan fingerprint density at radius 1 is 0.537 bits per heavy atom. The number of carbonyl (C=O) groups excluding carboxylic acids is 6. The van der Waals surface area contributed by atoms with E-state index in [0.717, 1.165) is 41.5 Å². The average Bonchev–Trinajstić information content (AvgIpc) is 2.83. The van der Waals surface area contributed by atoms with E-state index in [1.807, 2.05) is 0 Å². The molecule has 2 heterocycles. The Balaban J connectivity index is 2.60. The van der Waals surface area contributed by atoms with Crippen LogP contribution in [0.15, 0.2) is 0 Å². The van der Waals surface area contributed by atoms with Crippen LogP contribution >= 0.6 is 0 Å². The third kappa shape index (κ3) is 9.62. The zero-order chi connectivity index (χ0) is 31.0. The number of hydrogen-bond acceptors (Lipinski definition) is 16. The Labute approximate surface area is 236 Å². The van der Waals surface area contributed by atoms with Gasteiger partial charge in [0, 0.05) is 48.7 Å². The van der Waals surface area contributed by atoms with E-state index in [2.05, 4.69) is 0 Å². The summed E-state index contributed by atoms with van der Waals surface area (Å²) >= 11 is 0. The summed E-state index contributed by atoms with van der Waals surface area (Å²) in [5.74, 6) is -4.59. The molecule has 232 valence electrons. The van der Waals surface area contributed by atoms with Gasteiger partial charge in [-0.05, 0) is 6.92 Å². The van der Waals surface area contributed by atoms with Crippen LogP contribution in [0.2, 0.25) is 0 Å². The van der Waals surface area contributed by atoms with Gasteiger partial charge in [0.05, 0.1) is 6.10 Å². The fourth-order valence-electron chi connectivity index (χ4n) is 4.44. The molecule has 2 rings (SSSR count). The molecule has 0 bridgehead atoms. The van der Waals surface area contributed by atoms with E-state index in [1.54, 1.807) is 0 Å². The van der Waals surface area contributed by atoms with Crippen molar-refractivity contribution >= 4 is 35.8 Å². The molecular weight excluding hydrogens is 556 g/mol.